The van der Waals surface area contributed by atoms with Crippen molar-refractivity contribution in [1.29, 1.82) is 0 Å². The minimum atomic E-state index is -0.824. The molecule has 0 bridgehead atoms. The van der Waals surface area contributed by atoms with Crippen LogP contribution in [0.15, 0.2) is 40.9 Å². The van der Waals surface area contributed by atoms with Crippen LogP contribution in [0.5, 0.6) is 0 Å². The molecule has 1 nitrogen and oxygen atoms in total. The van der Waals surface area contributed by atoms with Crippen molar-refractivity contribution in [3.8, 4) is 0 Å². The van der Waals surface area contributed by atoms with Crippen molar-refractivity contribution in [2.75, 3.05) is 0 Å². The van der Waals surface area contributed by atoms with Crippen LogP contribution in [0, 0.1) is 11.6 Å². The predicted octanol–water partition coefficient (Wildman–Crippen LogP) is 4.66. The molecule has 0 heterocycles. The van der Waals surface area contributed by atoms with Gasteiger partial charge < -0.3 is 5.11 Å². The van der Waals surface area contributed by atoms with Crippen LogP contribution in [0.2, 0.25) is 5.02 Å². The van der Waals surface area contributed by atoms with Crippen LogP contribution in [0.1, 0.15) is 17.2 Å². The molecule has 19 heavy (non-hydrogen) atoms. The summed E-state index contributed by atoms with van der Waals surface area (Å²) < 4.78 is 26.5. The van der Waals surface area contributed by atoms with E-state index < -0.39 is 11.9 Å². The van der Waals surface area contributed by atoms with E-state index in [0.717, 1.165) is 5.56 Å². The van der Waals surface area contributed by atoms with Crippen LogP contribution < -0.4 is 0 Å². The van der Waals surface area contributed by atoms with Gasteiger partial charge >= 0.3 is 0 Å². The molecule has 1 unspecified atom stereocenters. The summed E-state index contributed by atoms with van der Waals surface area (Å²) in [4.78, 5) is 0. The lowest BCUT2D eigenvalue weighted by Gasteiger charge is -2.12. The Morgan fingerprint density at radius 3 is 2.42 bits per heavy atom. The summed E-state index contributed by atoms with van der Waals surface area (Å²) >= 11 is 8.75. The molecule has 100 valence electrons. The van der Waals surface area contributed by atoms with Crippen molar-refractivity contribution in [3.63, 3.8) is 0 Å². The van der Waals surface area contributed by atoms with E-state index >= 15 is 0 Å². The molecule has 0 saturated carbocycles. The molecule has 1 N–H and O–H groups in total. The maximum absolute atomic E-state index is 13.1. The van der Waals surface area contributed by atoms with E-state index in [-0.39, 0.29) is 10.8 Å². The SMILES string of the molecule is OC(Cc1ccc(F)c(Br)c1)c1ccc(F)c(Cl)c1. The van der Waals surface area contributed by atoms with Gasteiger partial charge in [-0.05, 0) is 51.3 Å². The number of hydrogen-bond acceptors (Lipinski definition) is 1. The van der Waals surface area contributed by atoms with Gasteiger partial charge in [0.1, 0.15) is 11.6 Å². The molecule has 0 amide bonds. The van der Waals surface area contributed by atoms with E-state index in [1.807, 2.05) is 0 Å². The highest BCUT2D eigenvalue weighted by Crippen LogP contribution is 2.25. The molecule has 0 aliphatic rings. The summed E-state index contributed by atoms with van der Waals surface area (Å²) in [7, 11) is 0. The van der Waals surface area contributed by atoms with E-state index in [2.05, 4.69) is 15.9 Å². The minimum absolute atomic E-state index is 0.0307. The van der Waals surface area contributed by atoms with Crippen molar-refractivity contribution in [2.45, 2.75) is 12.5 Å². The summed E-state index contributed by atoms with van der Waals surface area (Å²) in [5.74, 6) is -0.884. The van der Waals surface area contributed by atoms with Crippen molar-refractivity contribution >= 4 is 27.5 Å². The number of halogens is 4. The van der Waals surface area contributed by atoms with Gasteiger partial charge in [0.2, 0.25) is 0 Å². The normalized spacial score (nSPS) is 12.5. The summed E-state index contributed by atoms with van der Waals surface area (Å²) in [6.45, 7) is 0. The van der Waals surface area contributed by atoms with Gasteiger partial charge in [-0.15, -0.1) is 0 Å². The molecule has 2 rings (SSSR count). The van der Waals surface area contributed by atoms with Gasteiger partial charge in [0.25, 0.3) is 0 Å². The van der Waals surface area contributed by atoms with Gasteiger partial charge in [-0.25, -0.2) is 8.78 Å². The fourth-order valence-electron chi connectivity index (χ4n) is 1.73. The first-order valence-electron chi connectivity index (χ1n) is 5.54. The average Bonchev–Trinajstić information content (AvgIpc) is 2.37. The monoisotopic (exact) mass is 346 g/mol. The van der Waals surface area contributed by atoms with Crippen molar-refractivity contribution < 1.29 is 13.9 Å². The first-order valence-corrected chi connectivity index (χ1v) is 6.71. The standard InChI is InChI=1S/C14H10BrClF2O/c15-10-5-8(1-3-12(10)17)6-14(19)9-2-4-13(18)11(16)7-9/h1-5,7,14,19H,6H2. The Morgan fingerprint density at radius 2 is 1.79 bits per heavy atom. The zero-order chi connectivity index (χ0) is 14.0. The molecule has 0 spiro atoms. The highest BCUT2D eigenvalue weighted by Gasteiger charge is 2.12. The third-order valence-corrected chi connectivity index (χ3v) is 3.64. The predicted molar refractivity (Wildman–Crippen MR) is 74.2 cm³/mol. The summed E-state index contributed by atoms with van der Waals surface area (Å²) in [5.41, 5.74) is 1.29. The van der Waals surface area contributed by atoms with Crippen LogP contribution in [0.3, 0.4) is 0 Å². The van der Waals surface area contributed by atoms with Gasteiger partial charge in [-0.3, -0.25) is 0 Å². The highest BCUT2D eigenvalue weighted by atomic mass is 79.9. The van der Waals surface area contributed by atoms with E-state index in [0.29, 0.717) is 16.5 Å². The zero-order valence-electron chi connectivity index (χ0n) is 9.71. The Bertz CT molecular complexity index is 604. The van der Waals surface area contributed by atoms with Crippen LogP contribution >= 0.6 is 27.5 Å². The van der Waals surface area contributed by atoms with Gasteiger partial charge in [-0.2, -0.15) is 0 Å². The minimum Gasteiger partial charge on any atom is -0.388 e. The largest absolute Gasteiger partial charge is 0.388 e. The third-order valence-electron chi connectivity index (χ3n) is 2.74. The molecule has 0 fully saturated rings. The van der Waals surface area contributed by atoms with Crippen molar-refractivity contribution in [2.24, 2.45) is 0 Å². The number of benzene rings is 2. The van der Waals surface area contributed by atoms with Crippen molar-refractivity contribution in [1.82, 2.24) is 0 Å². The average molecular weight is 348 g/mol. The molecule has 5 heteroatoms. The molecule has 0 aromatic heterocycles. The molecular weight excluding hydrogens is 338 g/mol. The van der Waals surface area contributed by atoms with E-state index in [9.17, 15) is 13.9 Å². The van der Waals surface area contributed by atoms with Gasteiger partial charge in [0.15, 0.2) is 0 Å². The second-order valence-electron chi connectivity index (χ2n) is 4.14. The summed E-state index contributed by atoms with van der Waals surface area (Å²) in [6.07, 6.45) is -0.531. The quantitative estimate of drug-likeness (QED) is 0.856. The molecular formula is C14H10BrClF2O. The lowest BCUT2D eigenvalue weighted by atomic mass is 10.0. The van der Waals surface area contributed by atoms with Gasteiger partial charge in [0.05, 0.1) is 15.6 Å². The van der Waals surface area contributed by atoms with Gasteiger partial charge in [0, 0.05) is 6.42 Å². The molecule has 2 aromatic carbocycles. The smallest absolute Gasteiger partial charge is 0.141 e. The number of rotatable bonds is 3. The maximum Gasteiger partial charge on any atom is 0.141 e. The Morgan fingerprint density at radius 1 is 1.11 bits per heavy atom. The first kappa shape index (κ1) is 14.4. The maximum atomic E-state index is 13.1. The van der Waals surface area contributed by atoms with Crippen molar-refractivity contribution in [3.05, 3.63) is 68.7 Å². The van der Waals surface area contributed by atoms with Gasteiger partial charge in [-0.1, -0.05) is 23.7 Å². The fourth-order valence-corrected chi connectivity index (χ4v) is 2.34. The second kappa shape index (κ2) is 5.99. The number of aliphatic hydroxyl groups is 1. The Hall–Kier alpha value is -0.970. The van der Waals surface area contributed by atoms with Crippen LogP contribution in [0.4, 0.5) is 8.78 Å². The third kappa shape index (κ3) is 3.53. The molecule has 2 aromatic rings. The van der Waals surface area contributed by atoms with Crippen LogP contribution in [-0.4, -0.2) is 5.11 Å². The number of aliphatic hydroxyl groups excluding tert-OH is 1. The Labute approximate surface area is 123 Å². The van der Waals surface area contributed by atoms with E-state index in [4.69, 9.17) is 11.6 Å². The van der Waals surface area contributed by atoms with E-state index in [1.54, 1.807) is 12.1 Å². The molecule has 1 atom stereocenters. The zero-order valence-corrected chi connectivity index (χ0v) is 12.0. The fraction of sp³-hybridized carbons (Fsp3) is 0.143. The van der Waals surface area contributed by atoms with Crippen LogP contribution in [-0.2, 0) is 6.42 Å². The Kier molecular flexibility index (Phi) is 4.55. The second-order valence-corrected chi connectivity index (χ2v) is 5.40. The highest BCUT2D eigenvalue weighted by molar-refractivity contribution is 9.10. The first-order chi connectivity index (χ1) is 8.97. The Balaban J connectivity index is 2.17. The van der Waals surface area contributed by atoms with E-state index in [1.165, 1.54) is 24.3 Å². The molecule has 0 radical (unpaired) electrons. The van der Waals surface area contributed by atoms with Crippen LogP contribution in [0.25, 0.3) is 0 Å². The number of hydrogen-bond donors (Lipinski definition) is 1. The molecule has 0 aliphatic heterocycles. The summed E-state index contributed by atoms with van der Waals surface area (Å²) in [5, 5.41) is 10.0. The lowest BCUT2D eigenvalue weighted by molar-refractivity contribution is 0.178. The lowest BCUT2D eigenvalue weighted by Crippen LogP contribution is -2.02. The summed E-state index contributed by atoms with van der Waals surface area (Å²) in [6, 6.07) is 8.59. The molecule has 0 saturated heterocycles. The topological polar surface area (TPSA) is 20.2 Å². The molecule has 0 aliphatic carbocycles.